The summed E-state index contributed by atoms with van der Waals surface area (Å²) in [6.07, 6.45) is 1.69. The number of nitrogens with one attached hydrogen (secondary N) is 1. The van der Waals surface area contributed by atoms with Crippen molar-refractivity contribution in [2.45, 2.75) is 6.04 Å². The standard InChI is InChI=1S/C22H22N2O6/c1-26-18-8-13(9-19(27-2)22(18)28-3)21(24-20-6-4-5-7-23-20)14-10-16-17(11-15(14)25)30-12-29-16/h4-11,21,25H,12H2,1-3H3,(H,23,24)/t21-/m0/s1. The van der Waals surface area contributed by atoms with Gasteiger partial charge in [0.15, 0.2) is 23.0 Å². The fourth-order valence-electron chi connectivity index (χ4n) is 3.38. The Labute approximate surface area is 173 Å². The Morgan fingerprint density at radius 2 is 1.67 bits per heavy atom. The van der Waals surface area contributed by atoms with Gasteiger partial charge in [-0.05, 0) is 35.9 Å². The van der Waals surface area contributed by atoms with Crippen LogP contribution in [0.1, 0.15) is 17.2 Å². The molecular formula is C22H22N2O6. The Kier molecular flexibility index (Phi) is 5.38. The molecule has 0 saturated carbocycles. The van der Waals surface area contributed by atoms with E-state index in [-0.39, 0.29) is 12.5 Å². The van der Waals surface area contributed by atoms with Gasteiger partial charge in [0.1, 0.15) is 11.6 Å². The molecule has 1 aliphatic heterocycles. The summed E-state index contributed by atoms with van der Waals surface area (Å²) in [7, 11) is 4.66. The molecule has 0 aliphatic carbocycles. The summed E-state index contributed by atoms with van der Waals surface area (Å²) < 4.78 is 27.3. The van der Waals surface area contributed by atoms with Gasteiger partial charge in [0.25, 0.3) is 0 Å². The lowest BCUT2D eigenvalue weighted by Crippen LogP contribution is -2.14. The van der Waals surface area contributed by atoms with Gasteiger partial charge in [-0.3, -0.25) is 0 Å². The average Bonchev–Trinajstić information content (AvgIpc) is 3.23. The van der Waals surface area contributed by atoms with Gasteiger partial charge in [-0.1, -0.05) is 6.07 Å². The highest BCUT2D eigenvalue weighted by Gasteiger charge is 2.26. The number of nitrogens with zero attached hydrogens (tertiary/aromatic N) is 1. The number of benzene rings is 2. The summed E-state index contributed by atoms with van der Waals surface area (Å²) in [6, 6.07) is 12.0. The summed E-state index contributed by atoms with van der Waals surface area (Å²) in [4.78, 5) is 4.35. The number of phenols is 1. The Morgan fingerprint density at radius 1 is 0.967 bits per heavy atom. The van der Waals surface area contributed by atoms with Crippen LogP contribution in [-0.2, 0) is 0 Å². The fourth-order valence-corrected chi connectivity index (χ4v) is 3.38. The number of rotatable bonds is 7. The third kappa shape index (κ3) is 3.59. The predicted octanol–water partition coefficient (Wildman–Crippen LogP) is 3.74. The van der Waals surface area contributed by atoms with Crippen LogP contribution in [0, 0.1) is 0 Å². The number of fused-ring (bicyclic) bond motifs is 1. The normalized spacial score (nSPS) is 12.9. The van der Waals surface area contributed by atoms with Gasteiger partial charge in [0.05, 0.1) is 27.4 Å². The highest BCUT2D eigenvalue weighted by molar-refractivity contribution is 5.60. The zero-order valence-electron chi connectivity index (χ0n) is 16.8. The second kappa shape index (κ2) is 8.28. The van der Waals surface area contributed by atoms with Gasteiger partial charge in [0.2, 0.25) is 12.5 Å². The molecule has 2 heterocycles. The number of pyridine rings is 1. The summed E-state index contributed by atoms with van der Waals surface area (Å²) in [5, 5.41) is 14.1. The van der Waals surface area contributed by atoms with E-state index in [1.165, 1.54) is 0 Å². The lowest BCUT2D eigenvalue weighted by Gasteiger charge is -2.23. The van der Waals surface area contributed by atoms with Crippen molar-refractivity contribution in [3.63, 3.8) is 0 Å². The molecule has 0 spiro atoms. The Bertz CT molecular complexity index is 1020. The molecule has 0 unspecified atom stereocenters. The van der Waals surface area contributed by atoms with Crippen LogP contribution in [0.4, 0.5) is 5.82 Å². The smallest absolute Gasteiger partial charge is 0.231 e. The molecule has 1 aromatic heterocycles. The van der Waals surface area contributed by atoms with Crippen molar-refractivity contribution in [2.75, 3.05) is 33.4 Å². The van der Waals surface area contributed by atoms with Gasteiger partial charge >= 0.3 is 0 Å². The zero-order chi connectivity index (χ0) is 21.1. The zero-order valence-corrected chi connectivity index (χ0v) is 16.8. The lowest BCUT2D eigenvalue weighted by atomic mass is 9.96. The topological polar surface area (TPSA) is 91.3 Å². The molecular weight excluding hydrogens is 388 g/mol. The Morgan fingerprint density at radius 3 is 2.27 bits per heavy atom. The Balaban J connectivity index is 1.86. The summed E-state index contributed by atoms with van der Waals surface area (Å²) in [5.41, 5.74) is 1.35. The van der Waals surface area contributed by atoms with E-state index in [2.05, 4.69) is 10.3 Å². The molecule has 156 valence electrons. The van der Waals surface area contributed by atoms with E-state index in [0.717, 1.165) is 5.56 Å². The maximum atomic E-state index is 10.8. The molecule has 0 amide bonds. The van der Waals surface area contributed by atoms with Gasteiger partial charge in [-0.2, -0.15) is 0 Å². The molecule has 0 radical (unpaired) electrons. The minimum absolute atomic E-state index is 0.0569. The van der Waals surface area contributed by atoms with Crippen molar-refractivity contribution in [3.05, 3.63) is 59.8 Å². The van der Waals surface area contributed by atoms with E-state index in [0.29, 0.717) is 40.1 Å². The van der Waals surface area contributed by atoms with Crippen LogP contribution in [0.3, 0.4) is 0 Å². The van der Waals surface area contributed by atoms with Crippen LogP contribution in [0.5, 0.6) is 34.5 Å². The first kappa shape index (κ1) is 19.5. The molecule has 0 fully saturated rings. The van der Waals surface area contributed by atoms with Crippen LogP contribution >= 0.6 is 0 Å². The van der Waals surface area contributed by atoms with E-state index >= 15 is 0 Å². The minimum Gasteiger partial charge on any atom is -0.507 e. The average molecular weight is 410 g/mol. The van der Waals surface area contributed by atoms with Crippen molar-refractivity contribution < 1.29 is 28.8 Å². The van der Waals surface area contributed by atoms with E-state index in [1.54, 1.807) is 39.7 Å². The van der Waals surface area contributed by atoms with Gasteiger partial charge < -0.3 is 34.1 Å². The monoisotopic (exact) mass is 410 g/mol. The molecule has 0 bridgehead atoms. The summed E-state index contributed by atoms with van der Waals surface area (Å²) in [5.74, 6) is 3.23. The largest absolute Gasteiger partial charge is 0.507 e. The fraction of sp³-hybridized carbons (Fsp3) is 0.227. The molecule has 30 heavy (non-hydrogen) atoms. The lowest BCUT2D eigenvalue weighted by molar-refractivity contribution is 0.174. The quantitative estimate of drug-likeness (QED) is 0.609. The number of methoxy groups -OCH3 is 3. The molecule has 2 N–H and O–H groups in total. The van der Waals surface area contributed by atoms with Crippen molar-refractivity contribution in [2.24, 2.45) is 0 Å². The first-order valence-electron chi connectivity index (χ1n) is 9.24. The van der Waals surface area contributed by atoms with Gasteiger partial charge in [-0.15, -0.1) is 0 Å². The number of phenolic OH excluding ortho intramolecular Hbond substituents is 1. The van der Waals surface area contributed by atoms with Crippen molar-refractivity contribution >= 4 is 5.82 Å². The van der Waals surface area contributed by atoms with Crippen LogP contribution in [0.15, 0.2) is 48.7 Å². The molecule has 1 aliphatic rings. The second-order valence-electron chi connectivity index (χ2n) is 6.52. The van der Waals surface area contributed by atoms with E-state index in [4.69, 9.17) is 23.7 Å². The van der Waals surface area contributed by atoms with E-state index in [9.17, 15) is 5.11 Å². The number of ether oxygens (including phenoxy) is 5. The molecule has 2 aromatic carbocycles. The third-order valence-electron chi connectivity index (χ3n) is 4.81. The Hall–Kier alpha value is -3.81. The van der Waals surface area contributed by atoms with Crippen molar-refractivity contribution in [1.29, 1.82) is 0 Å². The first-order chi connectivity index (χ1) is 14.6. The van der Waals surface area contributed by atoms with Crippen molar-refractivity contribution in [3.8, 4) is 34.5 Å². The molecule has 4 rings (SSSR count). The highest BCUT2D eigenvalue weighted by Crippen LogP contribution is 2.45. The van der Waals surface area contributed by atoms with Crippen LogP contribution in [-0.4, -0.2) is 38.2 Å². The van der Waals surface area contributed by atoms with Crippen LogP contribution < -0.4 is 29.0 Å². The number of aromatic hydroxyl groups is 1. The SMILES string of the molecule is COc1cc([C@H](Nc2ccccn2)c2cc3c(cc2O)OCO3)cc(OC)c1OC. The van der Waals surface area contributed by atoms with Crippen LogP contribution in [0.2, 0.25) is 0 Å². The van der Waals surface area contributed by atoms with Gasteiger partial charge in [-0.25, -0.2) is 4.98 Å². The van der Waals surface area contributed by atoms with Gasteiger partial charge in [0, 0.05) is 17.8 Å². The first-order valence-corrected chi connectivity index (χ1v) is 9.24. The maximum absolute atomic E-state index is 10.8. The predicted molar refractivity (Wildman–Crippen MR) is 110 cm³/mol. The van der Waals surface area contributed by atoms with E-state index < -0.39 is 6.04 Å². The van der Waals surface area contributed by atoms with E-state index in [1.807, 2.05) is 30.3 Å². The summed E-state index contributed by atoms with van der Waals surface area (Å²) in [6.45, 7) is 0.112. The minimum atomic E-state index is -0.497. The number of hydrogen-bond donors (Lipinski definition) is 2. The number of hydrogen-bond acceptors (Lipinski definition) is 8. The molecule has 8 nitrogen and oxygen atoms in total. The molecule has 1 atom stereocenters. The summed E-state index contributed by atoms with van der Waals surface area (Å²) >= 11 is 0. The molecule has 8 heteroatoms. The third-order valence-corrected chi connectivity index (χ3v) is 4.81. The number of aromatic nitrogens is 1. The maximum Gasteiger partial charge on any atom is 0.231 e. The second-order valence-corrected chi connectivity index (χ2v) is 6.52. The molecule has 0 saturated heterocycles. The van der Waals surface area contributed by atoms with Crippen LogP contribution in [0.25, 0.3) is 0 Å². The number of anilines is 1. The highest BCUT2D eigenvalue weighted by atomic mass is 16.7. The van der Waals surface area contributed by atoms with Crippen molar-refractivity contribution in [1.82, 2.24) is 4.98 Å². The molecule has 3 aromatic rings.